The lowest BCUT2D eigenvalue weighted by Crippen LogP contribution is -1.96. The molecule has 0 radical (unpaired) electrons. The molecule has 0 spiro atoms. The molecular formula is C2HBrClFO. The Kier molecular flexibility index (Phi) is 2.68. The maximum Gasteiger partial charge on any atom is 0.329 e. The molecule has 0 N–H and O–H groups in total. The van der Waals surface area contributed by atoms with Gasteiger partial charge in [0.05, 0.1) is 0 Å². The minimum Gasteiger partial charge on any atom is -0.258 e. The van der Waals surface area contributed by atoms with Crippen LogP contribution in [0.15, 0.2) is 0 Å². The van der Waals surface area contributed by atoms with Crippen LogP contribution in [-0.4, -0.2) is 10.3 Å². The van der Waals surface area contributed by atoms with Gasteiger partial charge in [-0.2, -0.15) is 4.39 Å². The fraction of sp³-hybridized carbons (Fsp3) is 0.500. The molecule has 0 aliphatic carbocycles. The Bertz CT molecular complexity index is 64.6. The summed E-state index contributed by atoms with van der Waals surface area (Å²) in [6.07, 6.45) is 0. The Hall–Kier alpha value is 0.370. The fourth-order valence-corrected chi connectivity index (χ4v) is 0. The third-order valence-electron chi connectivity index (χ3n) is 0.172. The number of carbonyl (C=O) groups excluding carboxylic acids is 1. The van der Waals surface area contributed by atoms with Crippen LogP contribution in [0.1, 0.15) is 0 Å². The van der Waals surface area contributed by atoms with Gasteiger partial charge < -0.3 is 0 Å². The lowest BCUT2D eigenvalue weighted by Gasteiger charge is -1.81. The highest BCUT2D eigenvalue weighted by Crippen LogP contribution is 2.05. The highest BCUT2D eigenvalue weighted by molar-refractivity contribution is 9.10. The average molecular weight is 175 g/mol. The number of halogens is 3. The summed E-state index contributed by atoms with van der Waals surface area (Å²) in [6.45, 7) is 0. The van der Waals surface area contributed by atoms with Crippen LogP contribution in [0.5, 0.6) is 0 Å². The maximum absolute atomic E-state index is 11.0. The molecule has 0 aliphatic heterocycles. The maximum atomic E-state index is 11.0. The second kappa shape index (κ2) is 2.53. The van der Waals surface area contributed by atoms with Gasteiger partial charge in [-0.25, -0.2) is 0 Å². The van der Waals surface area contributed by atoms with E-state index in [2.05, 4.69) is 15.9 Å². The van der Waals surface area contributed by atoms with Gasteiger partial charge in [0.15, 0.2) is 4.29 Å². The zero-order valence-electron chi connectivity index (χ0n) is 2.62. The second-order valence-corrected chi connectivity index (χ2v) is 2.48. The van der Waals surface area contributed by atoms with Crippen LogP contribution in [0.4, 0.5) is 4.39 Å². The normalized spacial score (nSPS) is 13.8. The third kappa shape index (κ3) is 2.60. The van der Waals surface area contributed by atoms with Crippen LogP contribution < -0.4 is 0 Å². The summed E-state index contributed by atoms with van der Waals surface area (Å²) < 4.78 is 9.84. The van der Waals surface area contributed by atoms with Crippen LogP contribution in [0, 0.1) is 0 Å². The summed E-state index contributed by atoms with van der Waals surface area (Å²) in [5.74, 6) is 0. The Morgan fingerprint density at radius 1 is 2.00 bits per heavy atom. The minimum absolute atomic E-state index is 1.17. The molecule has 1 nitrogen and oxygen atoms in total. The Morgan fingerprint density at radius 3 is 2.17 bits per heavy atom. The largest absolute Gasteiger partial charge is 0.329 e. The summed E-state index contributed by atoms with van der Waals surface area (Å²) in [5, 5.41) is 0. The van der Waals surface area contributed by atoms with Crippen molar-refractivity contribution >= 4 is 33.6 Å². The van der Waals surface area contributed by atoms with E-state index in [1.807, 2.05) is 0 Å². The number of rotatable bonds is 1. The first-order chi connectivity index (χ1) is 2.64. The lowest BCUT2D eigenvalue weighted by atomic mass is 10.9. The quantitative estimate of drug-likeness (QED) is 0.435. The average Bonchev–Trinajstić information content (AvgIpc) is 1.36. The molecule has 0 rings (SSSR count). The Labute approximate surface area is 47.6 Å². The number of carbonyl (C=O) groups is 1. The predicted molar refractivity (Wildman–Crippen MR) is 24.7 cm³/mol. The van der Waals surface area contributed by atoms with Crippen molar-refractivity contribution in [1.82, 2.24) is 0 Å². The van der Waals surface area contributed by atoms with E-state index in [9.17, 15) is 9.18 Å². The topological polar surface area (TPSA) is 17.1 Å². The van der Waals surface area contributed by atoms with Crippen LogP contribution >= 0.6 is 27.5 Å². The van der Waals surface area contributed by atoms with Crippen molar-refractivity contribution in [2.45, 2.75) is 4.29 Å². The molecule has 0 bridgehead atoms. The van der Waals surface area contributed by atoms with Gasteiger partial charge in [-0.15, -0.1) is 0 Å². The summed E-state index contributed by atoms with van der Waals surface area (Å²) in [5.41, 5.74) is 0. The van der Waals surface area contributed by atoms with Crippen molar-refractivity contribution in [3.8, 4) is 0 Å². The number of alkyl halides is 2. The van der Waals surface area contributed by atoms with Gasteiger partial charge in [-0.05, 0) is 0 Å². The standard InChI is InChI=1S/C2HBrClFO/c3-1(4)2(5)6/h1H. The van der Waals surface area contributed by atoms with E-state index in [0.29, 0.717) is 0 Å². The van der Waals surface area contributed by atoms with Crippen LogP contribution in [0.3, 0.4) is 0 Å². The first kappa shape index (κ1) is 6.37. The molecule has 36 valence electrons. The molecule has 1 unspecified atom stereocenters. The van der Waals surface area contributed by atoms with Gasteiger partial charge in [0.2, 0.25) is 0 Å². The molecule has 1 atom stereocenters. The number of hydrogen-bond donors (Lipinski definition) is 0. The van der Waals surface area contributed by atoms with Crippen molar-refractivity contribution in [1.29, 1.82) is 0 Å². The molecule has 0 saturated heterocycles. The SMILES string of the molecule is O=C(F)C(Cl)Br. The van der Waals surface area contributed by atoms with E-state index in [-0.39, 0.29) is 0 Å². The first-order valence-corrected chi connectivity index (χ1v) is 2.47. The Balaban J connectivity index is 3.26. The fourth-order valence-electron chi connectivity index (χ4n) is 0. The van der Waals surface area contributed by atoms with E-state index >= 15 is 0 Å². The molecule has 0 aromatic carbocycles. The van der Waals surface area contributed by atoms with E-state index in [4.69, 9.17) is 11.6 Å². The van der Waals surface area contributed by atoms with Gasteiger partial charge in [0.25, 0.3) is 0 Å². The molecular weight excluding hydrogens is 174 g/mol. The third-order valence-corrected chi connectivity index (χ3v) is 0.703. The van der Waals surface area contributed by atoms with Crippen LogP contribution in [0.25, 0.3) is 0 Å². The molecule has 0 amide bonds. The molecule has 0 heterocycles. The van der Waals surface area contributed by atoms with Crippen molar-refractivity contribution < 1.29 is 9.18 Å². The molecule has 6 heavy (non-hydrogen) atoms. The molecule has 0 saturated carbocycles. The second-order valence-electron chi connectivity index (χ2n) is 0.605. The predicted octanol–water partition coefficient (Wildman–Crippen LogP) is 1.44. The van der Waals surface area contributed by atoms with E-state index in [0.717, 1.165) is 0 Å². The van der Waals surface area contributed by atoms with E-state index < -0.39 is 10.3 Å². The summed E-state index contributed by atoms with van der Waals surface area (Å²) in [7, 11) is 0. The zero-order chi connectivity index (χ0) is 5.15. The summed E-state index contributed by atoms with van der Waals surface area (Å²) >= 11 is 7.28. The van der Waals surface area contributed by atoms with E-state index in [1.165, 1.54) is 0 Å². The van der Waals surface area contributed by atoms with Crippen molar-refractivity contribution in [2.75, 3.05) is 0 Å². The summed E-state index contributed by atoms with van der Waals surface area (Å²) in [4.78, 5) is 9.30. The van der Waals surface area contributed by atoms with Gasteiger partial charge in [0, 0.05) is 0 Å². The molecule has 0 aliphatic rings. The molecule has 0 aromatic heterocycles. The van der Waals surface area contributed by atoms with E-state index in [1.54, 1.807) is 0 Å². The van der Waals surface area contributed by atoms with Crippen molar-refractivity contribution in [3.05, 3.63) is 0 Å². The highest BCUT2D eigenvalue weighted by atomic mass is 79.9. The molecule has 0 fully saturated rings. The smallest absolute Gasteiger partial charge is 0.258 e. The van der Waals surface area contributed by atoms with Gasteiger partial charge >= 0.3 is 6.04 Å². The first-order valence-electron chi connectivity index (χ1n) is 1.12. The van der Waals surface area contributed by atoms with Gasteiger partial charge in [0.1, 0.15) is 0 Å². The van der Waals surface area contributed by atoms with Crippen molar-refractivity contribution in [3.63, 3.8) is 0 Å². The van der Waals surface area contributed by atoms with Crippen LogP contribution in [-0.2, 0) is 4.79 Å². The summed E-state index contributed by atoms with van der Waals surface area (Å²) in [6, 6.07) is -1.56. The van der Waals surface area contributed by atoms with Gasteiger partial charge in [-0.3, -0.25) is 4.79 Å². The Morgan fingerprint density at radius 2 is 2.17 bits per heavy atom. The number of hydrogen-bond acceptors (Lipinski definition) is 1. The zero-order valence-corrected chi connectivity index (χ0v) is 4.96. The van der Waals surface area contributed by atoms with Crippen molar-refractivity contribution in [2.24, 2.45) is 0 Å². The molecule has 4 heteroatoms. The minimum atomic E-state index is -1.56. The lowest BCUT2D eigenvalue weighted by molar-refractivity contribution is -0.127. The van der Waals surface area contributed by atoms with Gasteiger partial charge in [-0.1, -0.05) is 27.5 Å². The monoisotopic (exact) mass is 174 g/mol. The van der Waals surface area contributed by atoms with Crippen LogP contribution in [0.2, 0.25) is 0 Å². The highest BCUT2D eigenvalue weighted by Gasteiger charge is 2.06. The molecule has 0 aromatic rings.